The van der Waals surface area contributed by atoms with Crippen LogP contribution >= 0.6 is 0 Å². The van der Waals surface area contributed by atoms with Crippen molar-refractivity contribution in [3.63, 3.8) is 0 Å². The first-order chi connectivity index (χ1) is 8.61. The van der Waals surface area contributed by atoms with Crippen LogP contribution in [0.4, 0.5) is 26.3 Å². The first-order valence-electron chi connectivity index (χ1n) is 4.90. The van der Waals surface area contributed by atoms with Gasteiger partial charge in [-0.15, -0.1) is 26.3 Å². The Balaban J connectivity index is 3.04. The van der Waals surface area contributed by atoms with Crippen LogP contribution in [0.1, 0.15) is 5.56 Å². The van der Waals surface area contributed by atoms with E-state index < -0.39 is 24.2 Å². The maximum atomic E-state index is 12.1. The topological polar surface area (TPSA) is 30.5 Å². The average molecular weight is 289 g/mol. The van der Waals surface area contributed by atoms with Crippen LogP contribution in [0.2, 0.25) is 0 Å². The molecule has 0 heterocycles. The largest absolute Gasteiger partial charge is 0.573 e. The molecule has 0 bridgehead atoms. The molecule has 0 fully saturated rings. The Kier molecular flexibility index (Phi) is 4.51. The molecule has 0 saturated heterocycles. The third-order valence-corrected chi connectivity index (χ3v) is 1.87. The van der Waals surface area contributed by atoms with Crippen molar-refractivity contribution in [2.24, 2.45) is 0 Å². The lowest BCUT2D eigenvalue weighted by atomic mass is 10.2. The highest BCUT2D eigenvalue weighted by atomic mass is 19.4. The Hall–Kier alpha value is -1.64. The zero-order chi connectivity index (χ0) is 14.7. The molecule has 0 saturated carbocycles. The third kappa shape index (κ3) is 5.69. The Morgan fingerprint density at radius 2 is 1.58 bits per heavy atom. The van der Waals surface area contributed by atoms with E-state index in [1.807, 2.05) is 0 Å². The lowest BCUT2D eigenvalue weighted by molar-refractivity contribution is -0.276. The number of ether oxygens (including phenoxy) is 2. The second-order valence-corrected chi connectivity index (χ2v) is 3.40. The van der Waals surface area contributed by atoms with Crippen molar-refractivity contribution in [3.05, 3.63) is 23.8 Å². The summed E-state index contributed by atoms with van der Waals surface area (Å²) in [6.07, 6.45) is -9.99. The van der Waals surface area contributed by atoms with Crippen molar-refractivity contribution in [3.8, 4) is 11.5 Å². The van der Waals surface area contributed by atoms with E-state index >= 15 is 0 Å². The molecule has 0 spiro atoms. The van der Waals surface area contributed by atoms with Gasteiger partial charge in [-0.25, -0.2) is 0 Å². The van der Waals surface area contributed by atoms with E-state index in [0.717, 1.165) is 12.1 Å². The van der Waals surface area contributed by atoms with Crippen molar-refractivity contribution in [1.82, 2.24) is 5.32 Å². The lowest BCUT2D eigenvalue weighted by Gasteiger charge is -2.15. The molecule has 1 rings (SSSR count). The molecular formula is C10H9F6NO2. The summed E-state index contributed by atoms with van der Waals surface area (Å²) in [6, 6.07) is 2.50. The SMILES string of the molecule is CNCc1ccc(OC(F)(F)F)cc1OC(F)(F)F. The van der Waals surface area contributed by atoms with Crippen molar-refractivity contribution in [2.45, 2.75) is 19.3 Å². The lowest BCUT2D eigenvalue weighted by Crippen LogP contribution is -2.20. The monoisotopic (exact) mass is 289 g/mol. The van der Waals surface area contributed by atoms with Crippen LogP contribution in [0.25, 0.3) is 0 Å². The predicted molar refractivity (Wildman–Crippen MR) is 52.6 cm³/mol. The minimum absolute atomic E-state index is 0.00227. The molecule has 0 atom stereocenters. The molecule has 0 amide bonds. The summed E-state index contributed by atoms with van der Waals surface area (Å²) < 4.78 is 79.4. The molecule has 9 heteroatoms. The van der Waals surface area contributed by atoms with E-state index in [4.69, 9.17) is 0 Å². The van der Waals surface area contributed by atoms with Crippen molar-refractivity contribution < 1.29 is 35.8 Å². The molecule has 0 aliphatic heterocycles. The van der Waals surface area contributed by atoms with Crippen LogP contribution < -0.4 is 14.8 Å². The number of halogens is 6. The number of hydrogen-bond acceptors (Lipinski definition) is 3. The molecule has 0 radical (unpaired) electrons. The van der Waals surface area contributed by atoms with Gasteiger partial charge in [0.25, 0.3) is 0 Å². The fourth-order valence-electron chi connectivity index (χ4n) is 1.29. The van der Waals surface area contributed by atoms with Crippen molar-refractivity contribution in [2.75, 3.05) is 7.05 Å². The van der Waals surface area contributed by atoms with Crippen LogP contribution in [-0.2, 0) is 6.54 Å². The number of alkyl halides is 6. The van der Waals surface area contributed by atoms with Crippen molar-refractivity contribution in [1.29, 1.82) is 0 Å². The molecule has 0 aliphatic carbocycles. The maximum absolute atomic E-state index is 12.1. The van der Waals surface area contributed by atoms with Crippen LogP contribution in [0.15, 0.2) is 18.2 Å². The highest BCUT2D eigenvalue weighted by molar-refractivity contribution is 5.41. The van der Waals surface area contributed by atoms with Crippen LogP contribution in [-0.4, -0.2) is 19.8 Å². The molecule has 1 aromatic rings. The van der Waals surface area contributed by atoms with Gasteiger partial charge in [-0.1, -0.05) is 6.07 Å². The number of hydrogen-bond donors (Lipinski definition) is 1. The molecule has 19 heavy (non-hydrogen) atoms. The predicted octanol–water partition coefficient (Wildman–Crippen LogP) is 3.20. The Bertz CT molecular complexity index is 429. The summed E-state index contributed by atoms with van der Waals surface area (Å²) in [6.45, 7) is -0.00227. The Morgan fingerprint density at radius 3 is 2.05 bits per heavy atom. The normalized spacial score (nSPS) is 12.4. The molecular weight excluding hydrogens is 280 g/mol. The fraction of sp³-hybridized carbons (Fsp3) is 0.400. The van der Waals surface area contributed by atoms with Crippen LogP contribution in [0.3, 0.4) is 0 Å². The van der Waals surface area contributed by atoms with Gasteiger partial charge in [-0.3, -0.25) is 0 Å². The van der Waals surface area contributed by atoms with Gasteiger partial charge >= 0.3 is 12.7 Å². The summed E-state index contributed by atoms with van der Waals surface area (Å²) in [5.74, 6) is -1.53. The molecule has 1 aromatic carbocycles. The van der Waals surface area contributed by atoms with Gasteiger partial charge in [0.05, 0.1) is 0 Å². The van der Waals surface area contributed by atoms with Gasteiger partial charge < -0.3 is 14.8 Å². The number of nitrogens with one attached hydrogen (secondary N) is 1. The van der Waals surface area contributed by atoms with Gasteiger partial charge in [-0.05, 0) is 13.1 Å². The summed E-state index contributed by atoms with van der Waals surface area (Å²) in [5, 5.41) is 2.57. The van der Waals surface area contributed by atoms with Crippen molar-refractivity contribution >= 4 is 0 Å². The molecule has 1 N–H and O–H groups in total. The third-order valence-electron chi connectivity index (χ3n) is 1.87. The summed E-state index contributed by atoms with van der Waals surface area (Å²) >= 11 is 0. The first-order valence-corrected chi connectivity index (χ1v) is 4.90. The smallest absolute Gasteiger partial charge is 0.406 e. The highest BCUT2D eigenvalue weighted by Gasteiger charge is 2.34. The Labute approximate surface area is 104 Å². The van der Waals surface area contributed by atoms with Crippen LogP contribution in [0, 0.1) is 0 Å². The molecule has 3 nitrogen and oxygen atoms in total. The minimum Gasteiger partial charge on any atom is -0.406 e. The summed E-state index contributed by atoms with van der Waals surface area (Å²) in [7, 11) is 1.47. The minimum atomic E-state index is -5.00. The summed E-state index contributed by atoms with van der Waals surface area (Å²) in [5.41, 5.74) is 0.0503. The zero-order valence-electron chi connectivity index (χ0n) is 9.52. The molecule has 0 aromatic heterocycles. The highest BCUT2D eigenvalue weighted by Crippen LogP contribution is 2.32. The van der Waals surface area contributed by atoms with Gasteiger partial charge in [0, 0.05) is 18.2 Å². The molecule has 0 unspecified atom stereocenters. The van der Waals surface area contributed by atoms with E-state index in [-0.39, 0.29) is 12.1 Å². The Morgan fingerprint density at radius 1 is 1.00 bits per heavy atom. The maximum Gasteiger partial charge on any atom is 0.573 e. The zero-order valence-corrected chi connectivity index (χ0v) is 9.52. The van der Waals surface area contributed by atoms with Crippen LogP contribution in [0.5, 0.6) is 11.5 Å². The first kappa shape index (κ1) is 15.4. The van der Waals surface area contributed by atoms with Gasteiger partial charge in [0.15, 0.2) is 0 Å². The number of rotatable bonds is 4. The van der Waals surface area contributed by atoms with E-state index in [1.165, 1.54) is 7.05 Å². The van der Waals surface area contributed by atoms with E-state index in [0.29, 0.717) is 6.07 Å². The van der Waals surface area contributed by atoms with Gasteiger partial charge in [0.2, 0.25) is 0 Å². The average Bonchev–Trinajstić information content (AvgIpc) is 2.17. The second kappa shape index (κ2) is 5.55. The molecule has 0 aliphatic rings. The van der Waals surface area contributed by atoms with Gasteiger partial charge in [0.1, 0.15) is 11.5 Å². The second-order valence-electron chi connectivity index (χ2n) is 3.40. The van der Waals surface area contributed by atoms with E-state index in [1.54, 1.807) is 0 Å². The number of benzene rings is 1. The van der Waals surface area contributed by atoms with E-state index in [9.17, 15) is 26.3 Å². The fourth-order valence-corrected chi connectivity index (χ4v) is 1.29. The van der Waals surface area contributed by atoms with Gasteiger partial charge in [-0.2, -0.15) is 0 Å². The quantitative estimate of drug-likeness (QED) is 0.863. The molecule has 108 valence electrons. The summed E-state index contributed by atoms with van der Waals surface area (Å²) in [4.78, 5) is 0. The van der Waals surface area contributed by atoms with E-state index in [2.05, 4.69) is 14.8 Å². The standard InChI is InChI=1S/C10H9F6NO2/c1-17-5-6-2-3-7(18-9(11,12)13)4-8(6)19-10(14,15)16/h2-4,17H,5H2,1H3.